The Labute approximate surface area is 189 Å². The quantitative estimate of drug-likeness (QED) is 0.354. The number of allylic oxidation sites excluding steroid dienone is 3. The monoisotopic (exact) mass is 412 g/mol. The molecular weight excluding hydrogens is 364 g/mol. The molecule has 0 N–H and O–H groups in total. The van der Waals surface area contributed by atoms with Crippen LogP contribution in [0.15, 0.2) is 48.1 Å². The molecule has 0 aliphatic heterocycles. The summed E-state index contributed by atoms with van der Waals surface area (Å²) in [6.07, 6.45) is 16.7. The Morgan fingerprint density at radius 1 is 1.10 bits per heavy atom. The van der Waals surface area contributed by atoms with Crippen LogP contribution in [0.4, 0.5) is 0 Å². The van der Waals surface area contributed by atoms with Gasteiger partial charge in [0.1, 0.15) is 0 Å². The third kappa shape index (κ3) is 16.1. The van der Waals surface area contributed by atoms with E-state index in [9.17, 15) is 0 Å². The number of methoxy groups -OCH3 is 1. The minimum Gasteiger partial charge on any atom is -0.381 e. The van der Waals surface area contributed by atoms with Gasteiger partial charge in [0, 0.05) is 7.11 Å². The van der Waals surface area contributed by atoms with Gasteiger partial charge in [-0.1, -0.05) is 80.5 Å². The molecule has 0 bridgehead atoms. The number of hydrogen-bond acceptors (Lipinski definition) is 1. The molecule has 1 nitrogen and oxygen atoms in total. The Balaban J connectivity index is 0. The zero-order valence-electron chi connectivity index (χ0n) is 21.2. The van der Waals surface area contributed by atoms with E-state index in [1.54, 1.807) is 18.7 Å². The Kier molecular flexibility index (Phi) is 20.8. The van der Waals surface area contributed by atoms with Crippen molar-refractivity contribution >= 4 is 0 Å². The number of hydrogen-bond donors (Lipinski definition) is 0. The molecule has 1 heteroatoms. The molecule has 0 amide bonds. The van der Waals surface area contributed by atoms with Crippen LogP contribution in [0.1, 0.15) is 104 Å². The van der Waals surface area contributed by atoms with E-state index in [-0.39, 0.29) is 0 Å². The van der Waals surface area contributed by atoms with Crippen molar-refractivity contribution in [3.63, 3.8) is 0 Å². The fourth-order valence-electron chi connectivity index (χ4n) is 3.04. The van der Waals surface area contributed by atoms with E-state index in [0.717, 1.165) is 24.3 Å². The van der Waals surface area contributed by atoms with Gasteiger partial charge >= 0.3 is 0 Å². The number of benzene rings is 1. The first-order valence-corrected chi connectivity index (χ1v) is 11.6. The average molecular weight is 413 g/mol. The Morgan fingerprint density at radius 2 is 1.57 bits per heavy atom. The standard InChI is InChI=1S/C13H18.C7H10.C6H14O.C3H6/c1-11-7-9-13(10-8-11)12-5-3-2-4-6-12;1-5-7(4)6(2)3;1-4-6(5-2)7-3;1-3-2/h7-10,12H,2-6H2,1H3;1H,2-4H3;6H,4-5H2,1-3H3;3H,1H2,2H3. The third-order valence-electron chi connectivity index (χ3n) is 5.36. The van der Waals surface area contributed by atoms with Crippen LogP contribution in [0, 0.1) is 19.3 Å². The van der Waals surface area contributed by atoms with E-state index in [4.69, 9.17) is 11.2 Å². The van der Waals surface area contributed by atoms with Crippen molar-refractivity contribution in [2.75, 3.05) is 7.11 Å². The van der Waals surface area contributed by atoms with Crippen LogP contribution in [-0.2, 0) is 4.74 Å². The van der Waals surface area contributed by atoms with Gasteiger partial charge in [-0.2, -0.15) is 0 Å². The van der Waals surface area contributed by atoms with Gasteiger partial charge in [0.05, 0.1) is 6.10 Å². The summed E-state index contributed by atoms with van der Waals surface area (Å²) in [5.41, 5.74) is 5.20. The lowest BCUT2D eigenvalue weighted by Gasteiger charge is -2.21. The van der Waals surface area contributed by atoms with Gasteiger partial charge in [-0.15, -0.1) is 13.0 Å². The Morgan fingerprint density at radius 3 is 1.83 bits per heavy atom. The summed E-state index contributed by atoms with van der Waals surface area (Å²) in [6, 6.07) is 9.10. The zero-order chi connectivity index (χ0) is 23.4. The smallest absolute Gasteiger partial charge is 0.0566 e. The second-order valence-electron chi connectivity index (χ2n) is 8.10. The molecule has 1 fully saturated rings. The zero-order valence-corrected chi connectivity index (χ0v) is 21.2. The first kappa shape index (κ1) is 30.4. The predicted molar refractivity (Wildman–Crippen MR) is 137 cm³/mol. The highest BCUT2D eigenvalue weighted by Crippen LogP contribution is 2.32. The van der Waals surface area contributed by atoms with Crippen LogP contribution in [0.5, 0.6) is 0 Å². The van der Waals surface area contributed by atoms with Crippen molar-refractivity contribution in [2.24, 2.45) is 0 Å². The highest BCUT2D eigenvalue weighted by molar-refractivity contribution is 5.26. The van der Waals surface area contributed by atoms with Gasteiger partial charge in [0.25, 0.3) is 0 Å². The fraction of sp³-hybridized carbons (Fsp3) is 0.586. The van der Waals surface area contributed by atoms with Crippen LogP contribution >= 0.6 is 0 Å². The molecule has 0 unspecified atom stereocenters. The average Bonchev–Trinajstić information content (AvgIpc) is 2.77. The van der Waals surface area contributed by atoms with Crippen molar-refractivity contribution in [3.8, 4) is 12.3 Å². The Hall–Kier alpha value is -1.78. The molecule has 30 heavy (non-hydrogen) atoms. The summed E-state index contributed by atoms with van der Waals surface area (Å²) in [5.74, 6) is 3.40. The molecule has 0 aromatic heterocycles. The van der Waals surface area contributed by atoms with Gasteiger partial charge in [-0.25, -0.2) is 0 Å². The summed E-state index contributed by atoms with van der Waals surface area (Å²) >= 11 is 0. The number of rotatable bonds is 4. The van der Waals surface area contributed by atoms with E-state index in [0.29, 0.717) is 6.10 Å². The number of terminal acetylenes is 1. The van der Waals surface area contributed by atoms with Crippen LogP contribution in [0.3, 0.4) is 0 Å². The van der Waals surface area contributed by atoms with Crippen molar-refractivity contribution < 1.29 is 4.74 Å². The molecule has 1 aromatic rings. The van der Waals surface area contributed by atoms with Gasteiger partial charge in [-0.3, -0.25) is 0 Å². The molecule has 1 saturated carbocycles. The van der Waals surface area contributed by atoms with Crippen LogP contribution < -0.4 is 0 Å². The molecule has 1 aliphatic rings. The molecule has 0 spiro atoms. The van der Waals surface area contributed by atoms with Gasteiger partial charge in [0.15, 0.2) is 0 Å². The van der Waals surface area contributed by atoms with E-state index in [1.807, 2.05) is 27.7 Å². The molecule has 1 aromatic carbocycles. The summed E-state index contributed by atoms with van der Waals surface area (Å²) in [4.78, 5) is 0. The summed E-state index contributed by atoms with van der Waals surface area (Å²) in [6.45, 7) is 17.6. The first-order valence-electron chi connectivity index (χ1n) is 11.6. The SMILES string of the molecule is C#CC(C)=C(C)C.C=CC.CCC(CC)OC.Cc1ccc(C2CCCCC2)cc1. The van der Waals surface area contributed by atoms with Crippen LogP contribution in [0.25, 0.3) is 0 Å². The third-order valence-corrected chi connectivity index (χ3v) is 5.36. The van der Waals surface area contributed by atoms with E-state index >= 15 is 0 Å². The first-order chi connectivity index (χ1) is 14.3. The number of aryl methyl sites for hydroxylation is 1. The molecule has 170 valence electrons. The molecule has 0 atom stereocenters. The largest absolute Gasteiger partial charge is 0.381 e. The maximum atomic E-state index is 5.07. The molecule has 0 radical (unpaired) electrons. The second-order valence-corrected chi connectivity index (χ2v) is 8.10. The molecule has 0 heterocycles. The lowest BCUT2D eigenvalue weighted by atomic mass is 9.84. The maximum absolute atomic E-state index is 5.07. The maximum Gasteiger partial charge on any atom is 0.0566 e. The summed E-state index contributed by atoms with van der Waals surface area (Å²) in [5, 5.41) is 0. The van der Waals surface area contributed by atoms with Crippen molar-refractivity contribution in [3.05, 3.63) is 59.2 Å². The normalized spacial score (nSPS) is 12.7. The van der Waals surface area contributed by atoms with Crippen LogP contribution in [-0.4, -0.2) is 13.2 Å². The van der Waals surface area contributed by atoms with Gasteiger partial charge < -0.3 is 4.74 Å². The minimum absolute atomic E-state index is 0.486. The minimum atomic E-state index is 0.486. The van der Waals surface area contributed by atoms with E-state index in [1.165, 1.54) is 43.2 Å². The topological polar surface area (TPSA) is 9.23 Å². The van der Waals surface area contributed by atoms with Crippen molar-refractivity contribution in [1.29, 1.82) is 0 Å². The van der Waals surface area contributed by atoms with Gasteiger partial charge in [-0.05, 0) is 77.4 Å². The molecule has 2 rings (SSSR count). The predicted octanol–water partition coefficient (Wildman–Crippen LogP) is 9.03. The van der Waals surface area contributed by atoms with E-state index in [2.05, 4.69) is 57.5 Å². The van der Waals surface area contributed by atoms with Gasteiger partial charge in [0.2, 0.25) is 0 Å². The van der Waals surface area contributed by atoms with Crippen molar-refractivity contribution in [1.82, 2.24) is 0 Å². The Bertz CT molecular complexity index is 581. The number of ether oxygens (including phenoxy) is 1. The van der Waals surface area contributed by atoms with E-state index < -0.39 is 0 Å². The molecule has 0 saturated heterocycles. The fourth-order valence-corrected chi connectivity index (χ4v) is 3.04. The highest BCUT2D eigenvalue weighted by Gasteiger charge is 2.14. The lowest BCUT2D eigenvalue weighted by Crippen LogP contribution is -2.05. The molecule has 1 aliphatic carbocycles. The van der Waals surface area contributed by atoms with Crippen molar-refractivity contribution in [2.45, 2.75) is 105 Å². The highest BCUT2D eigenvalue weighted by atomic mass is 16.5. The lowest BCUT2D eigenvalue weighted by molar-refractivity contribution is 0.0964. The summed E-state index contributed by atoms with van der Waals surface area (Å²) < 4.78 is 5.05. The summed E-state index contributed by atoms with van der Waals surface area (Å²) in [7, 11) is 1.76. The second kappa shape index (κ2) is 20.5. The van der Waals surface area contributed by atoms with Crippen LogP contribution in [0.2, 0.25) is 0 Å². The molecular formula is C29H48O.